The van der Waals surface area contributed by atoms with E-state index in [-0.39, 0.29) is 16.3 Å². The van der Waals surface area contributed by atoms with Gasteiger partial charge in [0.05, 0.1) is 31.4 Å². The predicted molar refractivity (Wildman–Crippen MR) is 105 cm³/mol. The number of nitrogens with zero attached hydrogens (tertiary/aromatic N) is 2. The lowest BCUT2D eigenvalue weighted by Crippen LogP contribution is -2.12. The zero-order valence-electron chi connectivity index (χ0n) is 13.6. The smallest absolute Gasteiger partial charge is 0.270 e. The maximum absolute atomic E-state index is 12.5. The largest absolute Gasteiger partial charge is 0.337 e. The van der Waals surface area contributed by atoms with Crippen molar-refractivity contribution >= 4 is 51.3 Å². The van der Waals surface area contributed by atoms with E-state index in [2.05, 4.69) is 15.3 Å². The molecule has 0 saturated heterocycles. The summed E-state index contributed by atoms with van der Waals surface area (Å²) in [6.45, 7) is 0. The Bertz CT molecular complexity index is 1170. The number of carbonyl (C=O) groups is 1. The number of halogens is 1. The molecular weight excluding hydrogens is 388 g/mol. The SMILES string of the molecule is O=C(Nc1ccc2nc(-c3cccs3)[nH]c2c1)c1ccc([N+](=O)[O-])cc1Cl. The number of nitrogens with one attached hydrogen (secondary N) is 2. The van der Waals surface area contributed by atoms with Gasteiger partial charge in [0.25, 0.3) is 11.6 Å². The summed E-state index contributed by atoms with van der Waals surface area (Å²) < 4.78 is 0. The Labute approximate surface area is 161 Å². The Hall–Kier alpha value is -3.23. The molecule has 2 N–H and O–H groups in total. The molecule has 0 bridgehead atoms. The number of H-pyrrole nitrogens is 1. The van der Waals surface area contributed by atoms with E-state index in [1.165, 1.54) is 12.1 Å². The van der Waals surface area contributed by atoms with Gasteiger partial charge in [0, 0.05) is 17.8 Å². The molecule has 0 spiro atoms. The first-order chi connectivity index (χ1) is 13.0. The molecule has 0 saturated carbocycles. The molecule has 2 aromatic carbocycles. The van der Waals surface area contributed by atoms with Gasteiger partial charge in [-0.1, -0.05) is 17.7 Å². The minimum atomic E-state index is -0.565. The van der Waals surface area contributed by atoms with Crippen molar-refractivity contribution in [2.24, 2.45) is 0 Å². The highest BCUT2D eigenvalue weighted by Gasteiger charge is 2.15. The zero-order valence-corrected chi connectivity index (χ0v) is 15.2. The highest BCUT2D eigenvalue weighted by molar-refractivity contribution is 7.13. The number of imidazole rings is 1. The first-order valence-electron chi connectivity index (χ1n) is 7.80. The molecule has 0 aliphatic heterocycles. The number of aromatic nitrogens is 2. The number of anilines is 1. The summed E-state index contributed by atoms with van der Waals surface area (Å²) >= 11 is 7.59. The molecule has 0 aliphatic carbocycles. The van der Waals surface area contributed by atoms with E-state index >= 15 is 0 Å². The van der Waals surface area contributed by atoms with Crippen LogP contribution in [0.3, 0.4) is 0 Å². The van der Waals surface area contributed by atoms with Crippen LogP contribution in [0.4, 0.5) is 11.4 Å². The maximum atomic E-state index is 12.5. The molecule has 27 heavy (non-hydrogen) atoms. The van der Waals surface area contributed by atoms with Crippen LogP contribution in [-0.4, -0.2) is 20.8 Å². The Morgan fingerprint density at radius 2 is 2.07 bits per heavy atom. The fourth-order valence-corrected chi connectivity index (χ4v) is 3.55. The van der Waals surface area contributed by atoms with Crippen molar-refractivity contribution in [1.82, 2.24) is 9.97 Å². The Balaban J connectivity index is 1.59. The Morgan fingerprint density at radius 1 is 1.22 bits per heavy atom. The van der Waals surface area contributed by atoms with Gasteiger partial charge in [-0.3, -0.25) is 14.9 Å². The quantitative estimate of drug-likeness (QED) is 0.368. The molecule has 2 heterocycles. The summed E-state index contributed by atoms with van der Waals surface area (Å²) in [6, 6.07) is 13.0. The van der Waals surface area contributed by atoms with Gasteiger partial charge in [0.1, 0.15) is 5.82 Å². The second-order valence-corrected chi connectivity index (χ2v) is 7.02. The van der Waals surface area contributed by atoms with Crippen LogP contribution >= 0.6 is 22.9 Å². The molecule has 0 aliphatic rings. The van der Waals surface area contributed by atoms with E-state index in [0.717, 1.165) is 27.8 Å². The van der Waals surface area contributed by atoms with Crippen molar-refractivity contribution in [2.45, 2.75) is 0 Å². The van der Waals surface area contributed by atoms with Crippen LogP contribution in [0, 0.1) is 10.1 Å². The molecule has 0 fully saturated rings. The molecule has 1 amide bonds. The number of nitro groups is 1. The average Bonchev–Trinajstić information content (AvgIpc) is 3.30. The molecular formula is C18H11ClN4O3S. The number of rotatable bonds is 4. The number of fused-ring (bicyclic) bond motifs is 1. The number of benzene rings is 2. The summed E-state index contributed by atoms with van der Waals surface area (Å²) in [4.78, 5) is 31.4. The minimum absolute atomic E-state index is 0.0179. The number of nitro benzene ring substituents is 1. The molecule has 0 radical (unpaired) electrons. The number of non-ortho nitro benzene ring substituents is 1. The Morgan fingerprint density at radius 3 is 2.78 bits per heavy atom. The van der Waals surface area contributed by atoms with Gasteiger partial charge in [-0.25, -0.2) is 4.98 Å². The van der Waals surface area contributed by atoms with Gasteiger partial charge < -0.3 is 10.3 Å². The number of hydrogen-bond acceptors (Lipinski definition) is 5. The average molecular weight is 399 g/mol. The lowest BCUT2D eigenvalue weighted by molar-refractivity contribution is -0.384. The lowest BCUT2D eigenvalue weighted by Gasteiger charge is -2.06. The first kappa shape index (κ1) is 17.2. The third-order valence-electron chi connectivity index (χ3n) is 3.90. The van der Waals surface area contributed by atoms with Crippen molar-refractivity contribution in [3.8, 4) is 10.7 Å². The van der Waals surface area contributed by atoms with Crippen LogP contribution in [0.2, 0.25) is 5.02 Å². The van der Waals surface area contributed by atoms with Crippen molar-refractivity contribution in [3.63, 3.8) is 0 Å². The molecule has 0 unspecified atom stereocenters. The van der Waals surface area contributed by atoms with Gasteiger partial charge in [0.15, 0.2) is 0 Å². The number of aromatic amines is 1. The number of thiophene rings is 1. The molecule has 2 aromatic heterocycles. The first-order valence-corrected chi connectivity index (χ1v) is 9.06. The molecule has 4 aromatic rings. The predicted octanol–water partition coefficient (Wildman–Crippen LogP) is 5.11. The van der Waals surface area contributed by atoms with Crippen LogP contribution in [0.25, 0.3) is 21.7 Å². The normalized spacial score (nSPS) is 10.9. The fourth-order valence-electron chi connectivity index (χ4n) is 2.62. The second kappa shape index (κ2) is 6.82. The van der Waals surface area contributed by atoms with Crippen LogP contribution in [0.1, 0.15) is 10.4 Å². The monoisotopic (exact) mass is 398 g/mol. The topological polar surface area (TPSA) is 101 Å². The third kappa shape index (κ3) is 3.40. The van der Waals surface area contributed by atoms with Crippen molar-refractivity contribution in [2.75, 3.05) is 5.32 Å². The van der Waals surface area contributed by atoms with E-state index in [9.17, 15) is 14.9 Å². The van der Waals surface area contributed by atoms with Gasteiger partial charge in [-0.05, 0) is 35.7 Å². The summed E-state index contributed by atoms with van der Waals surface area (Å²) in [7, 11) is 0. The van der Waals surface area contributed by atoms with Crippen LogP contribution in [0.15, 0.2) is 53.9 Å². The Kier molecular flexibility index (Phi) is 4.35. The minimum Gasteiger partial charge on any atom is -0.337 e. The molecule has 9 heteroatoms. The third-order valence-corrected chi connectivity index (χ3v) is 5.09. The van der Waals surface area contributed by atoms with Gasteiger partial charge in [-0.15, -0.1) is 11.3 Å². The summed E-state index contributed by atoms with van der Waals surface area (Å²) in [5, 5.41) is 15.5. The van der Waals surface area contributed by atoms with Crippen molar-refractivity contribution < 1.29 is 9.72 Å². The van der Waals surface area contributed by atoms with Gasteiger partial charge in [0.2, 0.25) is 0 Å². The van der Waals surface area contributed by atoms with E-state index in [1.54, 1.807) is 29.5 Å². The number of carbonyl (C=O) groups excluding carboxylic acids is 1. The number of hydrogen-bond donors (Lipinski definition) is 2. The van der Waals surface area contributed by atoms with Crippen LogP contribution in [0.5, 0.6) is 0 Å². The van der Waals surface area contributed by atoms with E-state index < -0.39 is 10.8 Å². The molecule has 7 nitrogen and oxygen atoms in total. The van der Waals surface area contributed by atoms with E-state index in [1.807, 2.05) is 17.5 Å². The van der Waals surface area contributed by atoms with Crippen molar-refractivity contribution in [3.05, 3.63) is 74.6 Å². The van der Waals surface area contributed by atoms with Crippen LogP contribution < -0.4 is 5.32 Å². The zero-order chi connectivity index (χ0) is 19.0. The summed E-state index contributed by atoms with van der Waals surface area (Å²) in [5.74, 6) is 0.314. The van der Waals surface area contributed by atoms with E-state index in [0.29, 0.717) is 5.69 Å². The standard InChI is InChI=1S/C18H11ClN4O3S/c19-13-9-11(23(25)26)4-5-12(13)18(24)20-10-3-6-14-15(8-10)22-17(21-14)16-2-1-7-27-16/h1-9H,(H,20,24)(H,21,22). The summed E-state index contributed by atoms with van der Waals surface area (Å²) in [6.07, 6.45) is 0. The lowest BCUT2D eigenvalue weighted by atomic mass is 10.2. The molecule has 134 valence electrons. The van der Waals surface area contributed by atoms with Gasteiger partial charge >= 0.3 is 0 Å². The summed E-state index contributed by atoms with van der Waals surface area (Å²) in [5.41, 5.74) is 2.11. The second-order valence-electron chi connectivity index (χ2n) is 5.67. The number of amides is 1. The van der Waals surface area contributed by atoms with Gasteiger partial charge in [-0.2, -0.15) is 0 Å². The van der Waals surface area contributed by atoms with Crippen molar-refractivity contribution in [1.29, 1.82) is 0 Å². The van der Waals surface area contributed by atoms with E-state index in [4.69, 9.17) is 11.6 Å². The van der Waals surface area contributed by atoms with Crippen LogP contribution in [-0.2, 0) is 0 Å². The maximum Gasteiger partial charge on any atom is 0.270 e. The molecule has 0 atom stereocenters. The highest BCUT2D eigenvalue weighted by atomic mass is 35.5. The highest BCUT2D eigenvalue weighted by Crippen LogP contribution is 2.27. The fraction of sp³-hybridized carbons (Fsp3) is 0. The molecule has 4 rings (SSSR count).